The van der Waals surface area contributed by atoms with Crippen molar-refractivity contribution in [1.82, 2.24) is 24.2 Å². The first-order valence-corrected chi connectivity index (χ1v) is 9.36. The summed E-state index contributed by atoms with van der Waals surface area (Å²) < 4.78 is 7.95. The van der Waals surface area contributed by atoms with Crippen molar-refractivity contribution < 1.29 is 4.52 Å². The minimum absolute atomic E-state index is 0.0313. The number of hydrogen-bond donors (Lipinski definition) is 0. The molecule has 0 unspecified atom stereocenters. The molecule has 0 saturated carbocycles. The molecule has 3 heterocycles. The normalized spacial score (nSPS) is 13.8. The van der Waals surface area contributed by atoms with E-state index in [0.717, 1.165) is 22.2 Å². The van der Waals surface area contributed by atoms with E-state index in [4.69, 9.17) is 16.1 Å². The highest BCUT2D eigenvalue weighted by molar-refractivity contribution is 6.30. The number of nitrogens with zero attached hydrogens (tertiary/aromatic N) is 5. The summed E-state index contributed by atoms with van der Waals surface area (Å²) in [5.41, 5.74) is 1.86. The van der Waals surface area contributed by atoms with Crippen molar-refractivity contribution in [2.45, 2.75) is 32.5 Å². The van der Waals surface area contributed by atoms with Gasteiger partial charge in [0, 0.05) is 37.3 Å². The highest BCUT2D eigenvalue weighted by Crippen LogP contribution is 2.16. The van der Waals surface area contributed by atoms with Crippen LogP contribution in [0.1, 0.15) is 28.5 Å². The number of rotatable bonds is 5. The highest BCUT2D eigenvalue weighted by Gasteiger charge is 2.25. The molecular formula is C19H20ClN5O3. The first-order chi connectivity index (χ1) is 13.4. The van der Waals surface area contributed by atoms with Gasteiger partial charge in [0.05, 0.1) is 5.56 Å². The van der Waals surface area contributed by atoms with E-state index in [1.807, 2.05) is 36.2 Å². The third kappa shape index (κ3) is 3.53. The lowest BCUT2D eigenvalue weighted by molar-refractivity contribution is 0.348. The Morgan fingerprint density at radius 3 is 2.61 bits per heavy atom. The monoisotopic (exact) mass is 401 g/mol. The predicted molar refractivity (Wildman–Crippen MR) is 103 cm³/mol. The van der Waals surface area contributed by atoms with E-state index >= 15 is 0 Å². The van der Waals surface area contributed by atoms with E-state index < -0.39 is 0 Å². The minimum Gasteiger partial charge on any atom is -0.337 e. The smallest absolute Gasteiger partial charge is 0.331 e. The molecular weight excluding hydrogens is 382 g/mol. The Bertz CT molecular complexity index is 1130. The molecule has 3 aromatic rings. The molecule has 8 nitrogen and oxygen atoms in total. The number of halogens is 1. The fraction of sp³-hybridized carbons (Fsp3) is 0.368. The fourth-order valence-electron chi connectivity index (χ4n) is 3.45. The number of aryl methyl sites for hydroxylation is 2. The van der Waals surface area contributed by atoms with Crippen LogP contribution in [0, 0.1) is 0 Å². The number of fused-ring (bicyclic) bond motifs is 1. The third-order valence-electron chi connectivity index (χ3n) is 4.98. The maximum atomic E-state index is 12.8. The molecule has 1 aliphatic heterocycles. The van der Waals surface area contributed by atoms with Crippen LogP contribution in [0.25, 0.3) is 0 Å². The minimum atomic E-state index is -0.375. The molecule has 0 N–H and O–H groups in total. The van der Waals surface area contributed by atoms with E-state index in [9.17, 15) is 9.59 Å². The zero-order chi connectivity index (χ0) is 19.8. The van der Waals surface area contributed by atoms with Gasteiger partial charge in [0.2, 0.25) is 5.89 Å². The van der Waals surface area contributed by atoms with Crippen molar-refractivity contribution in [3.05, 3.63) is 78.7 Å². The van der Waals surface area contributed by atoms with Gasteiger partial charge in [0.15, 0.2) is 5.82 Å². The number of hydrogen-bond acceptors (Lipinski definition) is 6. The Morgan fingerprint density at radius 1 is 1.11 bits per heavy atom. The first-order valence-electron chi connectivity index (χ1n) is 8.98. The molecule has 0 amide bonds. The molecule has 0 radical (unpaired) electrons. The second kappa shape index (κ2) is 7.37. The predicted octanol–water partition coefficient (Wildman–Crippen LogP) is 1.36. The van der Waals surface area contributed by atoms with Gasteiger partial charge < -0.3 is 4.52 Å². The molecule has 1 aliphatic rings. The highest BCUT2D eigenvalue weighted by atomic mass is 35.5. The van der Waals surface area contributed by atoms with E-state index in [1.165, 1.54) is 4.57 Å². The van der Waals surface area contributed by atoms with Crippen LogP contribution in [0.15, 0.2) is 38.4 Å². The Kier molecular flexibility index (Phi) is 4.91. The summed E-state index contributed by atoms with van der Waals surface area (Å²) in [7, 11) is 3.60. The van der Waals surface area contributed by atoms with Gasteiger partial charge >= 0.3 is 5.69 Å². The first kappa shape index (κ1) is 18.6. The zero-order valence-corrected chi connectivity index (χ0v) is 16.4. The molecule has 4 rings (SSSR count). The molecule has 0 aliphatic carbocycles. The van der Waals surface area contributed by atoms with Crippen LogP contribution in [0.5, 0.6) is 0 Å². The lowest BCUT2D eigenvalue weighted by atomic mass is 10.1. The van der Waals surface area contributed by atoms with E-state index in [0.29, 0.717) is 35.9 Å². The summed E-state index contributed by atoms with van der Waals surface area (Å²) in [6.07, 6.45) is 1.33. The van der Waals surface area contributed by atoms with Gasteiger partial charge in [-0.05, 0) is 31.2 Å². The van der Waals surface area contributed by atoms with Gasteiger partial charge in [-0.25, -0.2) is 4.79 Å². The van der Waals surface area contributed by atoms with Crippen LogP contribution in [-0.4, -0.2) is 31.2 Å². The van der Waals surface area contributed by atoms with Gasteiger partial charge in [0.25, 0.3) is 5.56 Å². The summed E-state index contributed by atoms with van der Waals surface area (Å²) in [5.74, 6) is 0.785. The van der Waals surface area contributed by atoms with Gasteiger partial charge in [-0.3, -0.25) is 18.8 Å². The molecule has 28 heavy (non-hydrogen) atoms. The van der Waals surface area contributed by atoms with E-state index in [2.05, 4.69) is 10.1 Å². The molecule has 2 aromatic heterocycles. The molecule has 0 saturated heterocycles. The average Bonchev–Trinajstić information content (AvgIpc) is 3.29. The van der Waals surface area contributed by atoms with E-state index in [-0.39, 0.29) is 23.7 Å². The SMILES string of the molecule is CN1Cc2c(n(C)c(=O)n(Cc3nc(CCc4ccc(Cl)cc4)no3)c2=O)C1. The Hall–Kier alpha value is -2.71. The van der Waals surface area contributed by atoms with Crippen molar-refractivity contribution in [3.63, 3.8) is 0 Å². The Labute approximate surface area is 166 Å². The average molecular weight is 402 g/mol. The molecule has 146 valence electrons. The molecule has 0 spiro atoms. The van der Waals surface area contributed by atoms with Crippen molar-refractivity contribution >= 4 is 11.6 Å². The Morgan fingerprint density at radius 2 is 1.86 bits per heavy atom. The van der Waals surface area contributed by atoms with Gasteiger partial charge in [-0.15, -0.1) is 0 Å². The standard InChI is InChI=1S/C19H20ClN5O3/c1-23-9-14-15(10-23)24(2)19(27)25(18(14)26)11-17-21-16(22-28-17)8-5-12-3-6-13(20)7-4-12/h3-4,6-7H,5,8-11H2,1-2H3. The molecule has 9 heteroatoms. The van der Waals surface area contributed by atoms with Gasteiger partial charge in [0.1, 0.15) is 6.54 Å². The van der Waals surface area contributed by atoms with Crippen LogP contribution in [0.4, 0.5) is 0 Å². The summed E-state index contributed by atoms with van der Waals surface area (Å²) in [6.45, 7) is 1.08. The molecule has 1 aromatic carbocycles. The summed E-state index contributed by atoms with van der Waals surface area (Å²) in [4.78, 5) is 31.7. The van der Waals surface area contributed by atoms with Crippen LogP contribution in [0.3, 0.4) is 0 Å². The summed E-state index contributed by atoms with van der Waals surface area (Å²) >= 11 is 5.89. The summed E-state index contributed by atoms with van der Waals surface area (Å²) in [6, 6.07) is 7.58. The number of benzene rings is 1. The van der Waals surface area contributed by atoms with Gasteiger partial charge in [-0.2, -0.15) is 4.98 Å². The van der Waals surface area contributed by atoms with Crippen LogP contribution >= 0.6 is 11.6 Å². The fourth-order valence-corrected chi connectivity index (χ4v) is 3.58. The van der Waals surface area contributed by atoms with Crippen LogP contribution < -0.4 is 11.2 Å². The van der Waals surface area contributed by atoms with Crippen LogP contribution in [0.2, 0.25) is 5.02 Å². The van der Waals surface area contributed by atoms with Crippen LogP contribution in [-0.2, 0) is 39.5 Å². The lowest BCUT2D eigenvalue weighted by Crippen LogP contribution is -2.42. The zero-order valence-electron chi connectivity index (χ0n) is 15.7. The second-order valence-corrected chi connectivity index (χ2v) is 7.50. The molecule has 0 fully saturated rings. The maximum absolute atomic E-state index is 12.8. The molecule has 0 bridgehead atoms. The van der Waals surface area contributed by atoms with Crippen molar-refractivity contribution in [3.8, 4) is 0 Å². The maximum Gasteiger partial charge on any atom is 0.331 e. The molecule has 0 atom stereocenters. The van der Waals surface area contributed by atoms with Crippen molar-refractivity contribution in [1.29, 1.82) is 0 Å². The van der Waals surface area contributed by atoms with Crippen molar-refractivity contribution in [2.75, 3.05) is 7.05 Å². The quantitative estimate of drug-likeness (QED) is 0.641. The number of aromatic nitrogens is 4. The lowest BCUT2D eigenvalue weighted by Gasteiger charge is -2.09. The van der Waals surface area contributed by atoms with Gasteiger partial charge in [-0.1, -0.05) is 28.9 Å². The van der Waals surface area contributed by atoms with E-state index in [1.54, 1.807) is 7.05 Å². The topological polar surface area (TPSA) is 86.2 Å². The third-order valence-corrected chi connectivity index (χ3v) is 5.23. The Balaban J connectivity index is 1.52. The van der Waals surface area contributed by atoms with Crippen molar-refractivity contribution in [2.24, 2.45) is 7.05 Å². The second-order valence-electron chi connectivity index (χ2n) is 7.06. The summed E-state index contributed by atoms with van der Waals surface area (Å²) in [5, 5.41) is 4.66. The largest absolute Gasteiger partial charge is 0.337 e.